The minimum Gasteiger partial charge on any atom is -0.493 e. The summed E-state index contributed by atoms with van der Waals surface area (Å²) < 4.78 is 10.8. The Kier molecular flexibility index (Phi) is 2.95. The second-order valence-electron chi connectivity index (χ2n) is 5.34. The van der Waals surface area contributed by atoms with Crippen molar-refractivity contribution >= 4 is 5.97 Å². The number of aliphatic carboxylic acids is 1. The summed E-state index contributed by atoms with van der Waals surface area (Å²) in [6.45, 7) is 1.79. The molecule has 1 saturated heterocycles. The Labute approximate surface area is 111 Å². The van der Waals surface area contributed by atoms with Crippen molar-refractivity contribution in [3.05, 3.63) is 29.3 Å². The number of carboxylic acids is 1. The van der Waals surface area contributed by atoms with Crippen LogP contribution in [0.25, 0.3) is 0 Å². The number of hydrogen-bond acceptors (Lipinski definition) is 4. The highest BCUT2D eigenvalue weighted by molar-refractivity contribution is 5.73. The molecule has 1 aromatic carbocycles. The second kappa shape index (κ2) is 4.51. The molecular weight excluding hydrogens is 246 g/mol. The van der Waals surface area contributed by atoms with Crippen molar-refractivity contribution in [3.63, 3.8) is 0 Å². The molecule has 0 saturated carbocycles. The lowest BCUT2D eigenvalue weighted by atomic mass is 9.73. The van der Waals surface area contributed by atoms with Crippen molar-refractivity contribution in [3.8, 4) is 5.75 Å². The number of carboxylic acid groups (broad SMARTS) is 1. The van der Waals surface area contributed by atoms with Gasteiger partial charge in [0.25, 0.3) is 0 Å². The van der Waals surface area contributed by atoms with Gasteiger partial charge in [0.15, 0.2) is 0 Å². The van der Waals surface area contributed by atoms with Gasteiger partial charge in [0.2, 0.25) is 0 Å². The number of fused-ring (bicyclic) bond motifs is 1. The lowest BCUT2D eigenvalue weighted by Crippen LogP contribution is -2.51. The molecule has 0 aromatic heterocycles. The van der Waals surface area contributed by atoms with E-state index < -0.39 is 12.0 Å². The number of rotatable bonds is 4. The third kappa shape index (κ3) is 2.09. The summed E-state index contributed by atoms with van der Waals surface area (Å²) in [6.07, 6.45) is 1.31. The summed E-state index contributed by atoms with van der Waals surface area (Å²) in [5.74, 6) is -0.0301. The Morgan fingerprint density at radius 3 is 2.89 bits per heavy atom. The molecule has 3 N–H and O–H groups in total. The van der Waals surface area contributed by atoms with Crippen LogP contribution in [0.15, 0.2) is 18.2 Å². The fourth-order valence-corrected chi connectivity index (χ4v) is 2.78. The molecule has 0 radical (unpaired) electrons. The average Bonchev–Trinajstić information content (AvgIpc) is 2.80. The van der Waals surface area contributed by atoms with E-state index in [1.54, 1.807) is 0 Å². The highest BCUT2D eigenvalue weighted by Gasteiger charge is 2.43. The summed E-state index contributed by atoms with van der Waals surface area (Å²) in [6, 6.07) is 5.22. The zero-order valence-corrected chi connectivity index (χ0v) is 10.6. The zero-order valence-electron chi connectivity index (χ0n) is 10.6. The van der Waals surface area contributed by atoms with Crippen molar-refractivity contribution < 1.29 is 19.4 Å². The predicted molar refractivity (Wildman–Crippen MR) is 68.4 cm³/mol. The van der Waals surface area contributed by atoms with Gasteiger partial charge < -0.3 is 20.3 Å². The van der Waals surface area contributed by atoms with Crippen molar-refractivity contribution in [1.82, 2.24) is 0 Å². The summed E-state index contributed by atoms with van der Waals surface area (Å²) in [7, 11) is 0. The minimum absolute atomic E-state index is 0.255. The Balaban J connectivity index is 1.87. The number of carbonyl (C=O) groups is 1. The maximum absolute atomic E-state index is 10.9. The van der Waals surface area contributed by atoms with Gasteiger partial charge in [-0.25, -0.2) is 0 Å². The van der Waals surface area contributed by atoms with Crippen LogP contribution in [0.5, 0.6) is 5.75 Å². The Bertz CT molecular complexity index is 510. The van der Waals surface area contributed by atoms with E-state index in [-0.39, 0.29) is 5.41 Å². The van der Waals surface area contributed by atoms with Crippen molar-refractivity contribution in [2.75, 3.05) is 19.8 Å². The van der Waals surface area contributed by atoms with E-state index in [9.17, 15) is 4.79 Å². The van der Waals surface area contributed by atoms with E-state index in [4.69, 9.17) is 20.3 Å². The van der Waals surface area contributed by atoms with Crippen LogP contribution in [0.2, 0.25) is 0 Å². The van der Waals surface area contributed by atoms with E-state index in [0.717, 1.165) is 24.3 Å². The van der Waals surface area contributed by atoms with Gasteiger partial charge in [-0.05, 0) is 23.6 Å². The smallest absolute Gasteiger partial charge is 0.320 e. The number of hydrogen-bond donors (Lipinski definition) is 2. The lowest BCUT2D eigenvalue weighted by molar-refractivity contribution is -0.141. The molecule has 102 valence electrons. The van der Waals surface area contributed by atoms with Gasteiger partial charge in [0.1, 0.15) is 11.8 Å². The molecule has 2 heterocycles. The van der Waals surface area contributed by atoms with Crippen LogP contribution in [0.3, 0.4) is 0 Å². The molecule has 1 atom stereocenters. The monoisotopic (exact) mass is 263 g/mol. The van der Waals surface area contributed by atoms with Gasteiger partial charge >= 0.3 is 5.97 Å². The van der Waals surface area contributed by atoms with E-state index in [0.29, 0.717) is 19.6 Å². The zero-order chi connectivity index (χ0) is 13.5. The molecule has 5 nitrogen and oxygen atoms in total. The first-order chi connectivity index (χ1) is 9.11. The molecule has 0 spiro atoms. The Hall–Kier alpha value is -1.59. The highest BCUT2D eigenvalue weighted by atomic mass is 16.5. The lowest BCUT2D eigenvalue weighted by Gasteiger charge is -2.43. The van der Waals surface area contributed by atoms with Gasteiger partial charge in [-0.3, -0.25) is 4.79 Å². The number of ether oxygens (including phenoxy) is 2. The largest absolute Gasteiger partial charge is 0.493 e. The van der Waals surface area contributed by atoms with Crippen molar-refractivity contribution in [1.29, 1.82) is 0 Å². The molecular formula is C14H17NO4. The van der Waals surface area contributed by atoms with E-state index in [2.05, 4.69) is 6.07 Å². The van der Waals surface area contributed by atoms with Gasteiger partial charge in [0.05, 0.1) is 19.8 Å². The van der Waals surface area contributed by atoms with Gasteiger partial charge in [-0.1, -0.05) is 12.1 Å². The average molecular weight is 263 g/mol. The number of nitrogens with two attached hydrogens (primary N) is 1. The molecule has 2 aliphatic rings. The van der Waals surface area contributed by atoms with Crippen LogP contribution in [-0.4, -0.2) is 36.9 Å². The Morgan fingerprint density at radius 1 is 1.47 bits per heavy atom. The van der Waals surface area contributed by atoms with E-state index in [1.807, 2.05) is 12.1 Å². The molecule has 1 fully saturated rings. The highest BCUT2D eigenvalue weighted by Crippen LogP contribution is 2.39. The fraction of sp³-hybridized carbons (Fsp3) is 0.500. The quantitative estimate of drug-likeness (QED) is 0.835. The summed E-state index contributed by atoms with van der Waals surface area (Å²) in [5.41, 5.74) is 7.73. The van der Waals surface area contributed by atoms with Gasteiger partial charge in [0, 0.05) is 11.8 Å². The molecule has 19 heavy (non-hydrogen) atoms. The predicted octanol–water partition coefficient (Wildman–Crippen LogP) is 0.691. The molecule has 0 aliphatic carbocycles. The first-order valence-electron chi connectivity index (χ1n) is 6.43. The normalized spacial score (nSPS) is 21.1. The van der Waals surface area contributed by atoms with Crippen molar-refractivity contribution in [2.45, 2.75) is 24.3 Å². The molecule has 1 unspecified atom stereocenters. The van der Waals surface area contributed by atoms with Crippen LogP contribution in [-0.2, 0) is 21.4 Å². The summed E-state index contributed by atoms with van der Waals surface area (Å²) >= 11 is 0. The third-order valence-corrected chi connectivity index (χ3v) is 3.99. The standard InChI is InChI=1S/C14H17NO4/c15-11(13(16)17)6-14(7-18-8-14)10-1-2-12-9(5-10)3-4-19-12/h1-2,5,11H,3-4,6-8,15H2,(H,16,17). The molecule has 5 heteroatoms. The van der Waals surface area contributed by atoms with Crippen LogP contribution < -0.4 is 10.5 Å². The van der Waals surface area contributed by atoms with Crippen LogP contribution >= 0.6 is 0 Å². The maximum Gasteiger partial charge on any atom is 0.320 e. The molecule has 0 bridgehead atoms. The van der Waals surface area contributed by atoms with Crippen molar-refractivity contribution in [2.24, 2.45) is 5.73 Å². The van der Waals surface area contributed by atoms with Gasteiger partial charge in [-0.2, -0.15) is 0 Å². The Morgan fingerprint density at radius 2 is 2.26 bits per heavy atom. The first kappa shape index (κ1) is 12.4. The maximum atomic E-state index is 10.9. The SMILES string of the molecule is NC(CC1(c2ccc3c(c2)CCO3)COC1)C(=O)O. The van der Waals surface area contributed by atoms with E-state index >= 15 is 0 Å². The van der Waals surface area contributed by atoms with Crippen LogP contribution in [0, 0.1) is 0 Å². The fourth-order valence-electron chi connectivity index (χ4n) is 2.78. The summed E-state index contributed by atoms with van der Waals surface area (Å²) in [4.78, 5) is 10.9. The minimum atomic E-state index is -0.962. The second-order valence-corrected chi connectivity index (χ2v) is 5.34. The molecule has 0 amide bonds. The van der Waals surface area contributed by atoms with Crippen LogP contribution in [0.1, 0.15) is 17.5 Å². The van der Waals surface area contributed by atoms with E-state index in [1.165, 1.54) is 5.56 Å². The summed E-state index contributed by atoms with van der Waals surface area (Å²) in [5, 5.41) is 8.98. The molecule has 2 aliphatic heterocycles. The molecule has 3 rings (SSSR count). The van der Waals surface area contributed by atoms with Crippen LogP contribution in [0.4, 0.5) is 0 Å². The number of benzene rings is 1. The molecule has 1 aromatic rings. The third-order valence-electron chi connectivity index (χ3n) is 3.99. The topological polar surface area (TPSA) is 81.8 Å². The first-order valence-corrected chi connectivity index (χ1v) is 6.43. The van der Waals surface area contributed by atoms with Gasteiger partial charge in [-0.15, -0.1) is 0 Å².